The standard InChI is InChI=1S/C17H26N4O.ClH/c1-17(2,3)15(22)12-21-14-9-7-6-8-13(14)20(16(21)18)11-10-19(4)5;/h6-9,18H,10-12H2,1-5H3;1H. The van der Waals surface area contributed by atoms with Gasteiger partial charge in [-0.25, -0.2) is 9.13 Å². The maximum Gasteiger partial charge on any atom is 0.356 e. The third-order valence-electron chi connectivity index (χ3n) is 3.93. The number of halogens is 1. The third kappa shape index (κ3) is 4.24. The molecule has 1 aromatic heterocycles. The summed E-state index contributed by atoms with van der Waals surface area (Å²) in [4.78, 5) is 14.5. The maximum atomic E-state index is 12.4. The second-order valence-electron chi connectivity index (χ2n) is 7.06. The summed E-state index contributed by atoms with van der Waals surface area (Å²) in [5.74, 6) is 0.820. The van der Waals surface area contributed by atoms with Gasteiger partial charge in [-0.3, -0.25) is 10.5 Å². The van der Waals surface area contributed by atoms with E-state index in [0.717, 1.165) is 24.1 Å². The van der Waals surface area contributed by atoms with Gasteiger partial charge in [0.05, 0.1) is 6.54 Å². The summed E-state index contributed by atoms with van der Waals surface area (Å²) in [6.45, 7) is 7.84. The number of carbonyl (C=O) groups excluding carboxylic acids is 1. The first-order valence-electron chi connectivity index (χ1n) is 7.66. The van der Waals surface area contributed by atoms with Crippen molar-refractivity contribution in [3.63, 3.8) is 0 Å². The van der Waals surface area contributed by atoms with Gasteiger partial charge in [0.2, 0.25) is 0 Å². The van der Waals surface area contributed by atoms with E-state index in [1.165, 1.54) is 0 Å². The molecular weight excluding hydrogens is 312 g/mol. The normalized spacial score (nSPS) is 11.7. The molecule has 6 heteroatoms. The number of imidazole rings is 1. The lowest BCUT2D eigenvalue weighted by Crippen LogP contribution is -3.00. The fourth-order valence-corrected chi connectivity index (χ4v) is 2.40. The Labute approximate surface area is 144 Å². The average molecular weight is 339 g/mol. The molecule has 0 saturated heterocycles. The molecule has 0 aliphatic carbocycles. The molecule has 128 valence electrons. The molecule has 5 nitrogen and oxygen atoms in total. The lowest BCUT2D eigenvalue weighted by molar-refractivity contribution is -0.644. The number of hydrogen-bond donors (Lipinski definition) is 1. The van der Waals surface area contributed by atoms with Gasteiger partial charge in [0, 0.05) is 12.0 Å². The summed E-state index contributed by atoms with van der Waals surface area (Å²) < 4.78 is 4.02. The maximum absolute atomic E-state index is 12.4. The molecule has 0 amide bonds. The van der Waals surface area contributed by atoms with E-state index in [4.69, 9.17) is 5.73 Å². The lowest BCUT2D eigenvalue weighted by Gasteiger charge is -2.15. The van der Waals surface area contributed by atoms with Gasteiger partial charge >= 0.3 is 5.95 Å². The molecule has 0 saturated carbocycles. The van der Waals surface area contributed by atoms with Crippen LogP contribution in [0.4, 0.5) is 5.95 Å². The van der Waals surface area contributed by atoms with Crippen molar-refractivity contribution >= 4 is 22.8 Å². The van der Waals surface area contributed by atoms with Crippen molar-refractivity contribution in [2.75, 3.05) is 26.4 Å². The van der Waals surface area contributed by atoms with Crippen LogP contribution in [0, 0.1) is 5.41 Å². The van der Waals surface area contributed by atoms with Crippen molar-refractivity contribution in [1.29, 1.82) is 0 Å². The van der Waals surface area contributed by atoms with E-state index in [-0.39, 0.29) is 23.6 Å². The number of rotatable bonds is 5. The van der Waals surface area contributed by atoms with Gasteiger partial charge in [0.25, 0.3) is 0 Å². The van der Waals surface area contributed by atoms with Crippen LogP contribution in [-0.2, 0) is 17.9 Å². The second-order valence-corrected chi connectivity index (χ2v) is 7.06. The summed E-state index contributed by atoms with van der Waals surface area (Å²) in [6, 6.07) is 8.06. The molecule has 2 N–H and O–H groups in total. The molecule has 0 radical (unpaired) electrons. The summed E-state index contributed by atoms with van der Waals surface area (Å²) >= 11 is 0. The highest BCUT2D eigenvalue weighted by molar-refractivity contribution is 5.83. The summed E-state index contributed by atoms with van der Waals surface area (Å²) in [6.07, 6.45) is 0. The number of fused-ring (bicyclic) bond motifs is 1. The molecule has 0 bridgehead atoms. The van der Waals surface area contributed by atoms with Gasteiger partial charge in [-0.15, -0.1) is 0 Å². The number of carbonyl (C=O) groups is 1. The number of anilines is 1. The van der Waals surface area contributed by atoms with Crippen LogP contribution < -0.4 is 22.7 Å². The molecule has 0 fully saturated rings. The van der Waals surface area contributed by atoms with Gasteiger partial charge in [-0.1, -0.05) is 32.9 Å². The highest BCUT2D eigenvalue weighted by Gasteiger charge is 2.27. The Morgan fingerprint density at radius 3 is 2.43 bits per heavy atom. The van der Waals surface area contributed by atoms with E-state index in [1.807, 2.05) is 57.6 Å². The van der Waals surface area contributed by atoms with Crippen molar-refractivity contribution in [3.8, 4) is 0 Å². The molecule has 0 atom stereocenters. The SMILES string of the molecule is CN(C)CCn1c(N)[n+](CC(=O)C(C)(C)C)c2ccccc21.[Cl-]. The van der Waals surface area contributed by atoms with E-state index in [9.17, 15) is 4.79 Å². The number of nitrogens with zero attached hydrogens (tertiary/aromatic N) is 3. The number of hydrogen-bond acceptors (Lipinski definition) is 3. The lowest BCUT2D eigenvalue weighted by atomic mass is 9.91. The van der Waals surface area contributed by atoms with Crippen molar-refractivity contribution in [3.05, 3.63) is 24.3 Å². The van der Waals surface area contributed by atoms with Gasteiger partial charge in [-0.05, 0) is 26.2 Å². The van der Waals surface area contributed by atoms with E-state index in [1.54, 1.807) is 0 Å². The molecule has 0 aliphatic rings. The van der Waals surface area contributed by atoms with Crippen LogP contribution in [0.25, 0.3) is 11.0 Å². The Kier molecular flexibility index (Phi) is 6.19. The highest BCUT2D eigenvalue weighted by atomic mass is 35.5. The second kappa shape index (κ2) is 7.32. The minimum atomic E-state index is -0.369. The topological polar surface area (TPSA) is 55.1 Å². The molecule has 1 aromatic carbocycles. The minimum absolute atomic E-state index is 0. The monoisotopic (exact) mass is 338 g/mol. The Morgan fingerprint density at radius 2 is 1.87 bits per heavy atom. The number of nitrogen functional groups attached to an aromatic ring is 1. The third-order valence-corrected chi connectivity index (χ3v) is 3.93. The van der Waals surface area contributed by atoms with Crippen LogP contribution in [-0.4, -0.2) is 35.9 Å². The summed E-state index contributed by atoms with van der Waals surface area (Å²) in [5.41, 5.74) is 8.06. The number of para-hydroxylation sites is 2. The molecule has 1 heterocycles. The summed E-state index contributed by atoms with van der Waals surface area (Å²) in [5, 5.41) is 0. The predicted molar refractivity (Wildman–Crippen MR) is 89.6 cm³/mol. The first-order valence-corrected chi connectivity index (χ1v) is 7.66. The zero-order valence-electron chi connectivity index (χ0n) is 14.6. The molecule has 23 heavy (non-hydrogen) atoms. The summed E-state index contributed by atoms with van der Waals surface area (Å²) in [7, 11) is 4.08. The zero-order valence-corrected chi connectivity index (χ0v) is 15.4. The molecule has 0 unspecified atom stereocenters. The number of Topliss-reactive ketones (excluding diaryl/α,β-unsaturated/α-hetero) is 1. The predicted octanol–water partition coefficient (Wildman–Crippen LogP) is -1.31. The van der Waals surface area contributed by atoms with Crippen LogP contribution in [0.15, 0.2) is 24.3 Å². The number of likely N-dealkylation sites (N-methyl/N-ethyl adjacent to an activating group) is 1. The number of benzene rings is 1. The van der Waals surface area contributed by atoms with Gasteiger partial charge < -0.3 is 17.3 Å². The number of ketones is 1. The minimum Gasteiger partial charge on any atom is -1.00 e. The van der Waals surface area contributed by atoms with E-state index >= 15 is 0 Å². The average Bonchev–Trinajstić information content (AvgIpc) is 2.68. The molecule has 2 rings (SSSR count). The van der Waals surface area contributed by atoms with Crippen LogP contribution in [0.5, 0.6) is 0 Å². The van der Waals surface area contributed by atoms with Crippen molar-refractivity contribution < 1.29 is 21.8 Å². The van der Waals surface area contributed by atoms with Crippen LogP contribution >= 0.6 is 0 Å². The van der Waals surface area contributed by atoms with Crippen LogP contribution in [0.3, 0.4) is 0 Å². The van der Waals surface area contributed by atoms with Crippen molar-refractivity contribution in [2.45, 2.75) is 33.9 Å². The molecular formula is C17H27ClN4O. The Morgan fingerprint density at radius 1 is 1.26 bits per heavy atom. The number of aromatic nitrogens is 2. The molecule has 2 aromatic rings. The Hall–Kier alpha value is -1.59. The van der Waals surface area contributed by atoms with Gasteiger partial charge in [-0.2, -0.15) is 0 Å². The Bertz CT molecular complexity index is 686. The van der Waals surface area contributed by atoms with Crippen LogP contribution in [0.2, 0.25) is 0 Å². The van der Waals surface area contributed by atoms with Crippen molar-refractivity contribution in [1.82, 2.24) is 9.47 Å². The first kappa shape index (κ1) is 19.5. The molecule has 0 aliphatic heterocycles. The van der Waals surface area contributed by atoms with Crippen LogP contribution in [0.1, 0.15) is 20.8 Å². The fraction of sp³-hybridized carbons (Fsp3) is 0.529. The smallest absolute Gasteiger partial charge is 0.356 e. The zero-order chi connectivity index (χ0) is 16.5. The number of nitrogens with two attached hydrogens (primary N) is 1. The Balaban J connectivity index is 0.00000264. The van der Waals surface area contributed by atoms with E-state index in [0.29, 0.717) is 12.5 Å². The fourth-order valence-electron chi connectivity index (χ4n) is 2.40. The van der Waals surface area contributed by atoms with E-state index in [2.05, 4.69) is 15.5 Å². The van der Waals surface area contributed by atoms with Crippen molar-refractivity contribution in [2.24, 2.45) is 5.41 Å². The largest absolute Gasteiger partial charge is 1.00 e. The molecule has 0 spiro atoms. The van der Waals surface area contributed by atoms with E-state index < -0.39 is 0 Å². The quantitative estimate of drug-likeness (QED) is 0.689. The van der Waals surface area contributed by atoms with Gasteiger partial charge in [0.1, 0.15) is 17.6 Å². The highest BCUT2D eigenvalue weighted by Crippen LogP contribution is 2.19. The van der Waals surface area contributed by atoms with Gasteiger partial charge in [0.15, 0.2) is 5.78 Å². The first-order chi connectivity index (χ1) is 10.2.